The minimum Gasteiger partial charge on any atom is -0.481 e. The number of carboxylic acids is 1. The molecule has 5 nitrogen and oxygen atoms in total. The molecule has 0 aromatic carbocycles. The zero-order chi connectivity index (χ0) is 13.0. The Balaban J connectivity index is 1.94. The second-order valence-corrected chi connectivity index (χ2v) is 5.71. The van der Waals surface area contributed by atoms with Crippen LogP contribution >= 0.6 is 0 Å². The smallest absolute Gasteiger partial charge is 0.410 e. The summed E-state index contributed by atoms with van der Waals surface area (Å²) in [5.41, 5.74) is -2.37. The number of fused-ring (bicyclic) bond motifs is 1. The summed E-state index contributed by atoms with van der Waals surface area (Å²) in [5.74, 6) is -2.66. The van der Waals surface area contributed by atoms with E-state index in [0.29, 0.717) is 0 Å². The average molecular weight is 245 g/mol. The number of carbonyl (C=O) groups excluding carboxylic acids is 1. The van der Waals surface area contributed by atoms with Crippen LogP contribution in [0.3, 0.4) is 0 Å². The zero-order valence-corrected chi connectivity index (χ0v) is 10.1. The standard InChI is InChI=1S/C11H16FNO4/c1-10(2,3)17-9(16)13-4-6-7(8(14)15)11(6,12)5-13/h6-7H,4-5H2,1-3H3,(H,14,15). The number of rotatable bonds is 1. The molecule has 1 saturated heterocycles. The molecule has 1 aliphatic carbocycles. The third-order valence-corrected chi connectivity index (χ3v) is 3.19. The van der Waals surface area contributed by atoms with Crippen LogP contribution in [0.1, 0.15) is 20.8 Å². The van der Waals surface area contributed by atoms with Crippen LogP contribution in [0.2, 0.25) is 0 Å². The molecule has 2 fully saturated rings. The maximum Gasteiger partial charge on any atom is 0.410 e. The first-order chi connectivity index (χ1) is 7.65. The number of carboxylic acid groups (broad SMARTS) is 1. The van der Waals surface area contributed by atoms with Crippen molar-refractivity contribution in [3.63, 3.8) is 0 Å². The van der Waals surface area contributed by atoms with Gasteiger partial charge in [0, 0.05) is 12.5 Å². The minimum atomic E-state index is -1.75. The summed E-state index contributed by atoms with van der Waals surface area (Å²) in [7, 11) is 0. The van der Waals surface area contributed by atoms with Gasteiger partial charge >= 0.3 is 12.1 Å². The van der Waals surface area contributed by atoms with Crippen molar-refractivity contribution in [2.45, 2.75) is 32.0 Å². The summed E-state index contributed by atoms with van der Waals surface area (Å²) in [6.45, 7) is 5.14. The molecule has 17 heavy (non-hydrogen) atoms. The summed E-state index contributed by atoms with van der Waals surface area (Å²) in [5, 5.41) is 8.76. The molecule has 1 N–H and O–H groups in total. The molecule has 1 saturated carbocycles. The fourth-order valence-corrected chi connectivity index (χ4v) is 2.39. The molecule has 0 aromatic rings. The highest BCUT2D eigenvalue weighted by atomic mass is 19.1. The van der Waals surface area contributed by atoms with Crippen LogP contribution in [-0.4, -0.2) is 46.4 Å². The van der Waals surface area contributed by atoms with E-state index in [1.165, 1.54) is 4.90 Å². The summed E-state index contributed by atoms with van der Waals surface area (Å²) in [4.78, 5) is 23.6. The Bertz CT molecular complexity index is 378. The number of alkyl halides is 1. The molecule has 1 amide bonds. The zero-order valence-electron chi connectivity index (χ0n) is 10.1. The van der Waals surface area contributed by atoms with Gasteiger partial charge < -0.3 is 14.7 Å². The number of piperidine rings is 1. The number of likely N-dealkylation sites (tertiary alicyclic amines) is 1. The molecule has 1 aliphatic heterocycles. The molecule has 96 valence electrons. The first kappa shape index (κ1) is 12.1. The van der Waals surface area contributed by atoms with Crippen LogP contribution < -0.4 is 0 Å². The topological polar surface area (TPSA) is 66.8 Å². The van der Waals surface area contributed by atoms with Gasteiger partial charge in [0.15, 0.2) is 0 Å². The number of carbonyl (C=O) groups is 2. The molecule has 6 heteroatoms. The summed E-state index contributed by atoms with van der Waals surface area (Å²) in [6, 6.07) is 0. The van der Waals surface area contributed by atoms with Gasteiger partial charge in [0.25, 0.3) is 0 Å². The van der Waals surface area contributed by atoms with E-state index < -0.39 is 35.2 Å². The third kappa shape index (κ3) is 1.96. The van der Waals surface area contributed by atoms with Crippen LogP contribution in [0.15, 0.2) is 0 Å². The van der Waals surface area contributed by atoms with E-state index in [2.05, 4.69) is 0 Å². The Morgan fingerprint density at radius 1 is 1.47 bits per heavy atom. The van der Waals surface area contributed by atoms with Gasteiger partial charge in [-0.15, -0.1) is 0 Å². The molecule has 2 aliphatic rings. The van der Waals surface area contributed by atoms with E-state index in [9.17, 15) is 14.0 Å². The molecule has 1 heterocycles. The highest BCUT2D eigenvalue weighted by molar-refractivity contribution is 5.79. The lowest BCUT2D eigenvalue weighted by Gasteiger charge is -2.25. The maximum atomic E-state index is 14.0. The van der Waals surface area contributed by atoms with Crippen molar-refractivity contribution in [2.24, 2.45) is 11.8 Å². The number of nitrogens with zero attached hydrogens (tertiary/aromatic N) is 1. The van der Waals surface area contributed by atoms with E-state index in [1.807, 2.05) is 0 Å². The highest BCUT2D eigenvalue weighted by Gasteiger charge is 2.75. The number of aliphatic carboxylic acids is 1. The highest BCUT2D eigenvalue weighted by Crippen LogP contribution is 2.58. The summed E-state index contributed by atoms with van der Waals surface area (Å²) < 4.78 is 19.1. The molecule has 3 atom stereocenters. The van der Waals surface area contributed by atoms with Gasteiger partial charge in [-0.05, 0) is 20.8 Å². The van der Waals surface area contributed by atoms with Crippen LogP contribution in [0.4, 0.5) is 9.18 Å². The number of ether oxygens (including phenoxy) is 1. The number of halogens is 1. The van der Waals surface area contributed by atoms with Crippen molar-refractivity contribution in [2.75, 3.05) is 13.1 Å². The summed E-state index contributed by atoms with van der Waals surface area (Å²) in [6.07, 6.45) is -0.578. The quantitative estimate of drug-likeness (QED) is 0.755. The van der Waals surface area contributed by atoms with Gasteiger partial charge in [0.1, 0.15) is 17.2 Å². The van der Waals surface area contributed by atoms with Crippen molar-refractivity contribution in [1.82, 2.24) is 4.90 Å². The fraction of sp³-hybridized carbons (Fsp3) is 0.818. The third-order valence-electron chi connectivity index (χ3n) is 3.19. The Labute approximate surface area is 98.5 Å². The molecule has 3 unspecified atom stereocenters. The van der Waals surface area contributed by atoms with Gasteiger partial charge in [0.2, 0.25) is 0 Å². The van der Waals surface area contributed by atoms with Gasteiger partial charge in [-0.3, -0.25) is 4.79 Å². The minimum absolute atomic E-state index is 0.127. The Hall–Kier alpha value is -1.33. The van der Waals surface area contributed by atoms with Gasteiger partial charge in [-0.2, -0.15) is 0 Å². The van der Waals surface area contributed by atoms with E-state index in [1.54, 1.807) is 20.8 Å². The SMILES string of the molecule is CC(C)(C)OC(=O)N1CC2C(C(=O)O)C2(F)C1. The van der Waals surface area contributed by atoms with Crippen molar-refractivity contribution >= 4 is 12.1 Å². The molecule has 0 aromatic heterocycles. The van der Waals surface area contributed by atoms with E-state index in [-0.39, 0.29) is 13.1 Å². The van der Waals surface area contributed by atoms with Crippen molar-refractivity contribution in [3.8, 4) is 0 Å². The molecule has 2 rings (SSSR count). The first-order valence-corrected chi connectivity index (χ1v) is 5.55. The van der Waals surface area contributed by atoms with Crippen molar-refractivity contribution in [3.05, 3.63) is 0 Å². The second-order valence-electron chi connectivity index (χ2n) is 5.71. The van der Waals surface area contributed by atoms with Crippen LogP contribution in [0.25, 0.3) is 0 Å². The number of hydrogen-bond donors (Lipinski definition) is 1. The number of hydrogen-bond acceptors (Lipinski definition) is 3. The molecule has 0 bridgehead atoms. The number of amides is 1. The largest absolute Gasteiger partial charge is 0.481 e. The normalized spacial score (nSPS) is 35.4. The van der Waals surface area contributed by atoms with Crippen LogP contribution in [0.5, 0.6) is 0 Å². The Morgan fingerprint density at radius 2 is 2.06 bits per heavy atom. The lowest BCUT2D eigenvalue weighted by atomic mass is 10.2. The molecule has 0 radical (unpaired) electrons. The molecule has 0 spiro atoms. The van der Waals surface area contributed by atoms with Crippen molar-refractivity contribution < 1.29 is 23.8 Å². The first-order valence-electron chi connectivity index (χ1n) is 5.55. The van der Waals surface area contributed by atoms with Gasteiger partial charge in [0.05, 0.1) is 6.54 Å². The van der Waals surface area contributed by atoms with E-state index >= 15 is 0 Å². The van der Waals surface area contributed by atoms with Crippen LogP contribution in [-0.2, 0) is 9.53 Å². The predicted molar refractivity (Wildman–Crippen MR) is 56.3 cm³/mol. The summed E-state index contributed by atoms with van der Waals surface area (Å²) >= 11 is 0. The second kappa shape index (κ2) is 3.34. The van der Waals surface area contributed by atoms with E-state index in [0.717, 1.165) is 0 Å². The Morgan fingerprint density at radius 3 is 2.41 bits per heavy atom. The van der Waals surface area contributed by atoms with Crippen LogP contribution in [0, 0.1) is 11.8 Å². The molecular weight excluding hydrogens is 229 g/mol. The maximum absolute atomic E-state index is 14.0. The fourth-order valence-electron chi connectivity index (χ4n) is 2.39. The Kier molecular flexibility index (Phi) is 2.38. The lowest BCUT2D eigenvalue weighted by Crippen LogP contribution is -2.39. The van der Waals surface area contributed by atoms with Gasteiger partial charge in [-0.1, -0.05) is 0 Å². The van der Waals surface area contributed by atoms with E-state index in [4.69, 9.17) is 9.84 Å². The molecular formula is C11H16FNO4. The van der Waals surface area contributed by atoms with Gasteiger partial charge in [-0.25, -0.2) is 9.18 Å². The van der Waals surface area contributed by atoms with Crippen molar-refractivity contribution in [1.29, 1.82) is 0 Å². The monoisotopic (exact) mass is 245 g/mol. The lowest BCUT2D eigenvalue weighted by molar-refractivity contribution is -0.140. The average Bonchev–Trinajstić information content (AvgIpc) is 2.52. The predicted octanol–water partition coefficient (Wildman–Crippen LogP) is 1.28.